The van der Waals surface area contributed by atoms with Crippen molar-refractivity contribution in [1.82, 2.24) is 9.97 Å². The summed E-state index contributed by atoms with van der Waals surface area (Å²) in [6, 6.07) is 12.9. The number of methoxy groups -OCH3 is 1. The minimum absolute atomic E-state index is 0.0774. The van der Waals surface area contributed by atoms with E-state index >= 15 is 0 Å². The summed E-state index contributed by atoms with van der Waals surface area (Å²) >= 11 is 0. The van der Waals surface area contributed by atoms with E-state index in [9.17, 15) is 5.11 Å². The average Bonchev–Trinajstić information content (AvgIpc) is 2.54. The molecule has 23 heavy (non-hydrogen) atoms. The van der Waals surface area contributed by atoms with Crippen molar-refractivity contribution in [3.8, 4) is 5.75 Å². The second-order valence-corrected chi connectivity index (χ2v) is 5.48. The Hall–Kier alpha value is -2.86. The molecule has 118 valence electrons. The normalized spacial score (nSPS) is 13.7. The van der Waals surface area contributed by atoms with Crippen molar-refractivity contribution in [1.29, 1.82) is 0 Å². The van der Waals surface area contributed by atoms with Gasteiger partial charge >= 0.3 is 0 Å². The van der Waals surface area contributed by atoms with E-state index in [-0.39, 0.29) is 11.8 Å². The molecule has 1 atom stereocenters. The highest BCUT2D eigenvalue weighted by Crippen LogP contribution is 2.37. The summed E-state index contributed by atoms with van der Waals surface area (Å²) in [7, 11) is 1.53. The topological polar surface area (TPSA) is 107 Å². The first-order valence-electron chi connectivity index (χ1n) is 7.12. The van der Waals surface area contributed by atoms with Crippen molar-refractivity contribution in [3.63, 3.8) is 0 Å². The zero-order valence-electron chi connectivity index (χ0n) is 12.9. The Morgan fingerprint density at radius 3 is 2.39 bits per heavy atom. The lowest BCUT2D eigenvalue weighted by molar-refractivity contribution is 0.102. The van der Waals surface area contributed by atoms with Crippen LogP contribution in [0.15, 0.2) is 42.5 Å². The summed E-state index contributed by atoms with van der Waals surface area (Å²) in [5.74, 6) is 0.815. The molecule has 1 heterocycles. The van der Waals surface area contributed by atoms with Crippen LogP contribution in [0.5, 0.6) is 5.75 Å². The third-order valence-electron chi connectivity index (χ3n) is 3.93. The third-order valence-corrected chi connectivity index (χ3v) is 3.93. The van der Waals surface area contributed by atoms with E-state index < -0.39 is 5.60 Å². The highest BCUT2D eigenvalue weighted by molar-refractivity contribution is 5.95. The first kappa shape index (κ1) is 15.1. The molecule has 0 bridgehead atoms. The van der Waals surface area contributed by atoms with Gasteiger partial charge in [0.15, 0.2) is 0 Å². The lowest BCUT2D eigenvalue weighted by atomic mass is 9.87. The summed E-state index contributed by atoms with van der Waals surface area (Å²) in [5.41, 5.74) is 12.3. The molecule has 0 aliphatic heterocycles. The van der Waals surface area contributed by atoms with Crippen LogP contribution in [0.4, 0.5) is 11.8 Å². The van der Waals surface area contributed by atoms with E-state index in [0.717, 1.165) is 5.56 Å². The number of hydrogen-bond acceptors (Lipinski definition) is 6. The molecule has 3 rings (SSSR count). The van der Waals surface area contributed by atoms with Crippen LogP contribution in [0.3, 0.4) is 0 Å². The molecule has 0 fully saturated rings. The van der Waals surface area contributed by atoms with Gasteiger partial charge in [0.05, 0.1) is 18.0 Å². The molecule has 2 aromatic carbocycles. The van der Waals surface area contributed by atoms with Gasteiger partial charge in [-0.25, -0.2) is 4.98 Å². The standard InChI is InChI=1S/C17H18N4O2/c1-17(22,10-6-4-3-5-7-10)11-8-12-14(13(9-11)23-2)15(18)21-16(19)20-12/h3-9,22H,1-2H3,(H4,18,19,20,21). The fraction of sp³-hybridized carbons (Fsp3) is 0.176. The Morgan fingerprint density at radius 2 is 1.74 bits per heavy atom. The zero-order chi connectivity index (χ0) is 16.6. The minimum Gasteiger partial charge on any atom is -0.496 e. The molecule has 0 saturated heterocycles. The van der Waals surface area contributed by atoms with Crippen LogP contribution < -0.4 is 16.2 Å². The van der Waals surface area contributed by atoms with Crippen molar-refractivity contribution in [2.75, 3.05) is 18.6 Å². The second kappa shape index (κ2) is 5.40. The molecule has 6 nitrogen and oxygen atoms in total. The molecule has 1 aromatic heterocycles. The summed E-state index contributed by atoms with van der Waals surface area (Å²) in [6.07, 6.45) is 0. The molecule has 0 aliphatic rings. The molecular weight excluding hydrogens is 292 g/mol. The first-order chi connectivity index (χ1) is 10.9. The van der Waals surface area contributed by atoms with Crippen LogP contribution in [0, 0.1) is 0 Å². The van der Waals surface area contributed by atoms with Crippen molar-refractivity contribution < 1.29 is 9.84 Å². The van der Waals surface area contributed by atoms with Crippen molar-refractivity contribution in [2.45, 2.75) is 12.5 Å². The molecule has 0 radical (unpaired) electrons. The van der Waals surface area contributed by atoms with E-state index in [1.54, 1.807) is 19.1 Å². The van der Waals surface area contributed by atoms with Crippen LogP contribution >= 0.6 is 0 Å². The summed E-state index contributed by atoms with van der Waals surface area (Å²) in [6.45, 7) is 1.72. The van der Waals surface area contributed by atoms with E-state index in [2.05, 4.69) is 9.97 Å². The predicted molar refractivity (Wildman–Crippen MR) is 90.0 cm³/mol. The number of rotatable bonds is 3. The van der Waals surface area contributed by atoms with Gasteiger partial charge < -0.3 is 21.3 Å². The van der Waals surface area contributed by atoms with Crippen LogP contribution in [-0.4, -0.2) is 22.2 Å². The van der Waals surface area contributed by atoms with E-state index in [1.165, 1.54) is 7.11 Å². The van der Waals surface area contributed by atoms with Crippen molar-refractivity contribution in [3.05, 3.63) is 53.6 Å². The third kappa shape index (κ3) is 2.53. The molecule has 0 aliphatic carbocycles. The van der Waals surface area contributed by atoms with Gasteiger partial charge in [-0.05, 0) is 30.2 Å². The number of fused-ring (bicyclic) bond motifs is 1. The number of nitrogen functional groups attached to an aromatic ring is 2. The quantitative estimate of drug-likeness (QED) is 0.683. The Balaban J connectivity index is 2.27. The molecular formula is C17H18N4O2. The smallest absolute Gasteiger partial charge is 0.222 e. The number of hydrogen-bond donors (Lipinski definition) is 3. The van der Waals surface area contributed by atoms with E-state index in [0.29, 0.717) is 22.2 Å². The molecule has 1 unspecified atom stereocenters. The van der Waals surface area contributed by atoms with Crippen molar-refractivity contribution in [2.24, 2.45) is 0 Å². The summed E-state index contributed by atoms with van der Waals surface area (Å²) in [5, 5.41) is 11.6. The Morgan fingerprint density at radius 1 is 1.04 bits per heavy atom. The number of benzene rings is 2. The molecule has 0 amide bonds. The second-order valence-electron chi connectivity index (χ2n) is 5.48. The fourth-order valence-corrected chi connectivity index (χ4v) is 2.65. The molecule has 6 heteroatoms. The van der Waals surface area contributed by atoms with E-state index in [4.69, 9.17) is 16.2 Å². The maximum Gasteiger partial charge on any atom is 0.222 e. The monoisotopic (exact) mass is 310 g/mol. The van der Waals surface area contributed by atoms with Gasteiger partial charge in [-0.15, -0.1) is 0 Å². The molecule has 3 aromatic rings. The first-order valence-corrected chi connectivity index (χ1v) is 7.12. The van der Waals surface area contributed by atoms with Crippen LogP contribution in [0.2, 0.25) is 0 Å². The highest BCUT2D eigenvalue weighted by Gasteiger charge is 2.27. The lowest BCUT2D eigenvalue weighted by Crippen LogP contribution is -2.23. The van der Waals surface area contributed by atoms with Gasteiger partial charge in [0.25, 0.3) is 0 Å². The van der Waals surface area contributed by atoms with Crippen molar-refractivity contribution >= 4 is 22.7 Å². The maximum atomic E-state index is 11.0. The average molecular weight is 310 g/mol. The van der Waals surface area contributed by atoms with Crippen LogP contribution in [-0.2, 0) is 5.60 Å². The lowest BCUT2D eigenvalue weighted by Gasteiger charge is -2.25. The van der Waals surface area contributed by atoms with Crippen LogP contribution in [0.25, 0.3) is 10.9 Å². The fourth-order valence-electron chi connectivity index (χ4n) is 2.65. The van der Waals surface area contributed by atoms with Gasteiger partial charge in [-0.3, -0.25) is 0 Å². The summed E-state index contributed by atoms with van der Waals surface area (Å²) in [4.78, 5) is 8.17. The molecule has 5 N–H and O–H groups in total. The number of ether oxygens (including phenoxy) is 1. The van der Waals surface area contributed by atoms with Gasteiger partial charge in [-0.1, -0.05) is 30.3 Å². The number of anilines is 2. The number of nitrogens with zero attached hydrogens (tertiary/aromatic N) is 2. The summed E-state index contributed by atoms with van der Waals surface area (Å²) < 4.78 is 5.41. The van der Waals surface area contributed by atoms with Crippen LogP contribution in [0.1, 0.15) is 18.1 Å². The number of aliphatic hydroxyl groups is 1. The van der Waals surface area contributed by atoms with Gasteiger partial charge in [0.1, 0.15) is 17.2 Å². The maximum absolute atomic E-state index is 11.0. The number of nitrogens with two attached hydrogens (primary N) is 2. The largest absolute Gasteiger partial charge is 0.496 e. The van der Waals surface area contributed by atoms with E-state index in [1.807, 2.05) is 30.3 Å². The van der Waals surface area contributed by atoms with Gasteiger partial charge in [-0.2, -0.15) is 4.98 Å². The Kier molecular flexibility index (Phi) is 3.54. The Labute approximate surface area is 133 Å². The number of aromatic nitrogens is 2. The van der Waals surface area contributed by atoms with Gasteiger partial charge in [0.2, 0.25) is 5.95 Å². The molecule has 0 spiro atoms. The molecule has 0 saturated carbocycles. The highest BCUT2D eigenvalue weighted by atomic mass is 16.5. The SMILES string of the molecule is COc1cc(C(C)(O)c2ccccc2)cc2nc(N)nc(N)c12. The Bertz CT molecular complexity index is 863. The minimum atomic E-state index is -1.21. The zero-order valence-corrected chi connectivity index (χ0v) is 12.9. The predicted octanol–water partition coefficient (Wildman–Crippen LogP) is 2.06. The van der Waals surface area contributed by atoms with Gasteiger partial charge in [0, 0.05) is 0 Å².